The fourth-order valence-corrected chi connectivity index (χ4v) is 1.24. The van der Waals surface area contributed by atoms with Gasteiger partial charge < -0.3 is 19.7 Å². The Bertz CT molecular complexity index is 375. The maximum absolute atomic E-state index is 11.0. The smallest absolute Gasteiger partial charge is 0.337 e. The number of esters is 2. The van der Waals surface area contributed by atoms with Crippen molar-refractivity contribution in [2.75, 3.05) is 14.2 Å². The first kappa shape index (κ1) is 18.1. The molecule has 6 nitrogen and oxygen atoms in total. The molecule has 0 heterocycles. The number of aliphatic hydroxyl groups excluding tert-OH is 1. The number of benzene rings is 1. The van der Waals surface area contributed by atoms with Crippen LogP contribution < -0.4 is 0 Å². The minimum absolute atomic E-state index is 0.403. The second-order valence-corrected chi connectivity index (χ2v) is 3.83. The largest absolute Gasteiger partial charge is 0.465 e. The Kier molecular flexibility index (Phi) is 8.98. The quantitative estimate of drug-likeness (QED) is 0.640. The SMILES string of the molecule is CCCC(O)O.COC(=O)c1ccc(C(=O)OC)cc1. The number of ether oxygens (including phenoxy) is 2. The molecule has 0 aliphatic carbocycles. The number of methoxy groups -OCH3 is 2. The molecule has 0 bridgehead atoms. The van der Waals surface area contributed by atoms with E-state index in [1.165, 1.54) is 38.5 Å². The first-order valence-electron chi connectivity index (χ1n) is 6.09. The fraction of sp³-hybridized carbons (Fsp3) is 0.429. The van der Waals surface area contributed by atoms with Gasteiger partial charge in [0.05, 0.1) is 25.3 Å². The van der Waals surface area contributed by atoms with E-state index in [0.29, 0.717) is 17.5 Å². The van der Waals surface area contributed by atoms with Crippen molar-refractivity contribution < 1.29 is 29.3 Å². The second-order valence-electron chi connectivity index (χ2n) is 3.83. The Hall–Kier alpha value is -1.92. The van der Waals surface area contributed by atoms with Gasteiger partial charge in [0.15, 0.2) is 6.29 Å². The molecule has 0 aliphatic heterocycles. The van der Waals surface area contributed by atoms with E-state index in [1.807, 2.05) is 6.92 Å². The molecule has 0 fully saturated rings. The molecule has 112 valence electrons. The minimum Gasteiger partial charge on any atom is -0.465 e. The van der Waals surface area contributed by atoms with Crippen LogP contribution in [0.25, 0.3) is 0 Å². The molecule has 0 saturated heterocycles. The first-order chi connectivity index (χ1) is 9.46. The third-order valence-corrected chi connectivity index (χ3v) is 2.27. The van der Waals surface area contributed by atoms with E-state index >= 15 is 0 Å². The van der Waals surface area contributed by atoms with Gasteiger partial charge in [-0.3, -0.25) is 0 Å². The molecule has 1 aromatic rings. The predicted octanol–water partition coefficient (Wildman–Crippen LogP) is 1.36. The lowest BCUT2D eigenvalue weighted by Crippen LogP contribution is -2.04. The molecule has 0 atom stereocenters. The van der Waals surface area contributed by atoms with Crippen molar-refractivity contribution in [3.8, 4) is 0 Å². The van der Waals surface area contributed by atoms with Crippen molar-refractivity contribution in [3.63, 3.8) is 0 Å². The summed E-state index contributed by atoms with van der Waals surface area (Å²) in [6, 6.07) is 6.05. The first-order valence-corrected chi connectivity index (χ1v) is 6.09. The van der Waals surface area contributed by atoms with Gasteiger partial charge in [0, 0.05) is 0 Å². The van der Waals surface area contributed by atoms with Crippen LogP contribution in [0.1, 0.15) is 40.5 Å². The topological polar surface area (TPSA) is 93.1 Å². The summed E-state index contributed by atoms with van der Waals surface area (Å²) in [7, 11) is 2.60. The van der Waals surface area contributed by atoms with Crippen molar-refractivity contribution in [2.45, 2.75) is 26.1 Å². The maximum atomic E-state index is 11.0. The summed E-state index contributed by atoms with van der Waals surface area (Å²) in [4.78, 5) is 22.1. The van der Waals surface area contributed by atoms with Crippen molar-refractivity contribution in [3.05, 3.63) is 35.4 Å². The van der Waals surface area contributed by atoms with Gasteiger partial charge in [0.25, 0.3) is 0 Å². The summed E-state index contributed by atoms with van der Waals surface area (Å²) in [6.45, 7) is 1.90. The number of rotatable bonds is 4. The van der Waals surface area contributed by atoms with Crippen molar-refractivity contribution >= 4 is 11.9 Å². The normalized spacial score (nSPS) is 9.50. The summed E-state index contributed by atoms with van der Waals surface area (Å²) in [6.07, 6.45) is 0.215. The average Bonchev–Trinajstić information content (AvgIpc) is 2.46. The van der Waals surface area contributed by atoms with E-state index < -0.39 is 18.2 Å². The van der Waals surface area contributed by atoms with Crippen LogP contribution in [-0.4, -0.2) is 42.7 Å². The number of carbonyl (C=O) groups is 2. The molecule has 0 aromatic heterocycles. The number of hydrogen-bond acceptors (Lipinski definition) is 6. The third kappa shape index (κ3) is 6.86. The Labute approximate surface area is 117 Å². The van der Waals surface area contributed by atoms with Crippen LogP contribution in [0.4, 0.5) is 0 Å². The molecule has 2 N–H and O–H groups in total. The van der Waals surface area contributed by atoms with Crippen molar-refractivity contribution in [1.82, 2.24) is 0 Å². The van der Waals surface area contributed by atoms with E-state index in [4.69, 9.17) is 10.2 Å². The van der Waals surface area contributed by atoms with E-state index in [0.717, 1.165) is 6.42 Å². The highest BCUT2D eigenvalue weighted by Gasteiger charge is 2.08. The Balaban J connectivity index is 0.000000511. The number of carbonyl (C=O) groups excluding carboxylic acids is 2. The molecule has 0 spiro atoms. The van der Waals surface area contributed by atoms with Crippen LogP contribution in [0.5, 0.6) is 0 Å². The molecule has 1 rings (SSSR count). The van der Waals surface area contributed by atoms with E-state index in [-0.39, 0.29) is 0 Å². The van der Waals surface area contributed by atoms with E-state index in [1.54, 1.807) is 0 Å². The van der Waals surface area contributed by atoms with Gasteiger partial charge in [0.2, 0.25) is 0 Å². The minimum atomic E-state index is -1.10. The summed E-state index contributed by atoms with van der Waals surface area (Å²) in [5.41, 5.74) is 0.806. The molecule has 0 amide bonds. The Morgan fingerprint density at radius 2 is 1.35 bits per heavy atom. The summed E-state index contributed by atoms with van der Waals surface area (Å²) < 4.78 is 9.02. The van der Waals surface area contributed by atoms with Crippen LogP contribution in [0.3, 0.4) is 0 Å². The zero-order valence-electron chi connectivity index (χ0n) is 11.8. The standard InChI is InChI=1S/C10H10O4.C4H10O2/c1-13-9(11)7-3-5-8(6-4-7)10(12)14-2;1-2-3-4(5)6/h3-6H,1-2H3;4-6H,2-3H2,1H3. The lowest BCUT2D eigenvalue weighted by atomic mass is 10.1. The molecule has 20 heavy (non-hydrogen) atoms. The molecule has 6 heteroatoms. The van der Waals surface area contributed by atoms with Crippen LogP contribution in [0.2, 0.25) is 0 Å². The highest BCUT2D eigenvalue weighted by molar-refractivity contribution is 5.93. The van der Waals surface area contributed by atoms with Gasteiger partial charge in [-0.1, -0.05) is 13.3 Å². The second kappa shape index (κ2) is 9.94. The molecular formula is C14H20O6. The lowest BCUT2D eigenvalue weighted by Gasteiger charge is -2.00. The summed E-state index contributed by atoms with van der Waals surface area (Å²) in [5, 5.41) is 16.2. The Morgan fingerprint density at radius 3 is 1.50 bits per heavy atom. The lowest BCUT2D eigenvalue weighted by molar-refractivity contribution is -0.0453. The summed E-state index contributed by atoms with van der Waals surface area (Å²) >= 11 is 0. The molecule has 0 radical (unpaired) electrons. The fourth-order valence-electron chi connectivity index (χ4n) is 1.24. The van der Waals surface area contributed by atoms with Crippen molar-refractivity contribution in [1.29, 1.82) is 0 Å². The predicted molar refractivity (Wildman–Crippen MR) is 72.3 cm³/mol. The highest BCUT2D eigenvalue weighted by Crippen LogP contribution is 2.06. The molecule has 0 aliphatic rings. The Morgan fingerprint density at radius 1 is 1.00 bits per heavy atom. The van der Waals surface area contributed by atoms with Gasteiger partial charge in [-0.25, -0.2) is 9.59 Å². The van der Waals surface area contributed by atoms with Crippen LogP contribution in [0.15, 0.2) is 24.3 Å². The van der Waals surface area contributed by atoms with Gasteiger partial charge >= 0.3 is 11.9 Å². The third-order valence-electron chi connectivity index (χ3n) is 2.27. The van der Waals surface area contributed by atoms with Crippen molar-refractivity contribution in [2.24, 2.45) is 0 Å². The van der Waals surface area contributed by atoms with Crippen LogP contribution >= 0.6 is 0 Å². The maximum Gasteiger partial charge on any atom is 0.337 e. The van der Waals surface area contributed by atoms with E-state index in [2.05, 4.69) is 9.47 Å². The van der Waals surface area contributed by atoms with Gasteiger partial charge in [-0.15, -0.1) is 0 Å². The zero-order valence-corrected chi connectivity index (χ0v) is 11.8. The highest BCUT2D eigenvalue weighted by atomic mass is 16.5. The van der Waals surface area contributed by atoms with Gasteiger partial charge in [-0.05, 0) is 30.7 Å². The number of hydrogen-bond donors (Lipinski definition) is 2. The average molecular weight is 284 g/mol. The van der Waals surface area contributed by atoms with Gasteiger partial charge in [-0.2, -0.15) is 0 Å². The monoisotopic (exact) mass is 284 g/mol. The van der Waals surface area contributed by atoms with Gasteiger partial charge in [0.1, 0.15) is 0 Å². The van der Waals surface area contributed by atoms with Crippen LogP contribution in [-0.2, 0) is 9.47 Å². The zero-order chi connectivity index (χ0) is 15.5. The molecule has 0 saturated carbocycles. The molecule has 0 unspecified atom stereocenters. The molecular weight excluding hydrogens is 264 g/mol. The number of aliphatic hydroxyl groups is 2. The summed E-state index contributed by atoms with van der Waals surface area (Å²) in [5.74, 6) is -0.858. The molecule has 1 aromatic carbocycles. The van der Waals surface area contributed by atoms with Crippen LogP contribution in [0, 0.1) is 0 Å². The van der Waals surface area contributed by atoms with E-state index in [9.17, 15) is 9.59 Å².